The van der Waals surface area contributed by atoms with Crippen LogP contribution < -0.4 is 14.8 Å². The number of fused-ring (bicyclic) bond motifs is 1. The minimum atomic E-state index is -0.379. The SMILES string of the molecule is COc1cc2c(cc1OC)C(c1ccc([N+](=O)[O-])cc1)[NH2+]CC2. The molecule has 2 aromatic carbocycles. The predicted octanol–water partition coefficient (Wildman–Crippen LogP) is 1.82. The number of non-ortho nitro benzene ring substituents is 1. The average molecular weight is 315 g/mol. The number of rotatable bonds is 4. The monoisotopic (exact) mass is 315 g/mol. The van der Waals surface area contributed by atoms with Crippen molar-refractivity contribution in [2.24, 2.45) is 0 Å². The highest BCUT2D eigenvalue weighted by molar-refractivity contribution is 5.50. The van der Waals surface area contributed by atoms with E-state index in [9.17, 15) is 10.1 Å². The number of nitro groups is 1. The zero-order valence-electron chi connectivity index (χ0n) is 13.1. The minimum absolute atomic E-state index is 0.108. The van der Waals surface area contributed by atoms with Crippen LogP contribution >= 0.6 is 0 Å². The second kappa shape index (κ2) is 6.26. The number of nitro benzene ring substituents is 1. The smallest absolute Gasteiger partial charge is 0.269 e. The quantitative estimate of drug-likeness (QED) is 0.689. The number of nitrogens with two attached hydrogens (primary N) is 1. The third-order valence-electron chi connectivity index (χ3n) is 4.26. The van der Waals surface area contributed by atoms with Gasteiger partial charge in [0.05, 0.1) is 25.7 Å². The molecule has 1 heterocycles. The number of hydrogen-bond donors (Lipinski definition) is 1. The largest absolute Gasteiger partial charge is 0.493 e. The summed E-state index contributed by atoms with van der Waals surface area (Å²) in [6, 6.07) is 10.9. The maximum Gasteiger partial charge on any atom is 0.269 e. The number of quaternary nitrogens is 1. The van der Waals surface area contributed by atoms with Crippen LogP contribution in [0.15, 0.2) is 36.4 Å². The van der Waals surface area contributed by atoms with Gasteiger partial charge in [-0.15, -0.1) is 0 Å². The van der Waals surface area contributed by atoms with Crippen molar-refractivity contribution in [3.8, 4) is 11.5 Å². The Hall–Kier alpha value is -2.60. The first-order valence-corrected chi connectivity index (χ1v) is 7.46. The summed E-state index contributed by atoms with van der Waals surface area (Å²) in [5, 5.41) is 13.1. The first kappa shape index (κ1) is 15.3. The molecule has 1 aliphatic heterocycles. The lowest BCUT2D eigenvalue weighted by molar-refractivity contribution is -0.690. The molecule has 1 unspecified atom stereocenters. The van der Waals surface area contributed by atoms with Crippen molar-refractivity contribution >= 4 is 5.69 Å². The molecule has 2 N–H and O–H groups in total. The van der Waals surface area contributed by atoms with Crippen LogP contribution in [0, 0.1) is 10.1 Å². The van der Waals surface area contributed by atoms with E-state index in [0.717, 1.165) is 24.3 Å². The van der Waals surface area contributed by atoms with Gasteiger partial charge in [0.1, 0.15) is 6.04 Å². The third kappa shape index (κ3) is 2.85. The van der Waals surface area contributed by atoms with E-state index in [-0.39, 0.29) is 16.7 Å². The molecule has 1 aliphatic rings. The molecule has 23 heavy (non-hydrogen) atoms. The molecule has 0 aromatic heterocycles. The number of benzene rings is 2. The Bertz CT molecular complexity index is 728. The van der Waals surface area contributed by atoms with Crippen molar-refractivity contribution in [3.63, 3.8) is 0 Å². The Balaban J connectivity index is 2.02. The van der Waals surface area contributed by atoms with Crippen molar-refractivity contribution in [2.75, 3.05) is 20.8 Å². The Labute approximate surface area is 134 Å². The molecule has 6 heteroatoms. The van der Waals surface area contributed by atoms with E-state index < -0.39 is 0 Å². The minimum Gasteiger partial charge on any atom is -0.493 e. The van der Waals surface area contributed by atoms with Gasteiger partial charge in [0.2, 0.25) is 0 Å². The summed E-state index contributed by atoms with van der Waals surface area (Å²) < 4.78 is 10.8. The van der Waals surface area contributed by atoms with E-state index in [1.165, 1.54) is 11.1 Å². The topological polar surface area (TPSA) is 78.2 Å². The lowest BCUT2D eigenvalue weighted by atomic mass is 9.89. The van der Waals surface area contributed by atoms with Gasteiger partial charge in [-0.2, -0.15) is 0 Å². The molecular formula is C17H19N2O4+. The summed E-state index contributed by atoms with van der Waals surface area (Å²) in [4.78, 5) is 10.4. The van der Waals surface area contributed by atoms with Crippen LogP contribution in [0.2, 0.25) is 0 Å². The highest BCUT2D eigenvalue weighted by Crippen LogP contribution is 2.35. The van der Waals surface area contributed by atoms with Crippen molar-refractivity contribution in [1.29, 1.82) is 0 Å². The van der Waals surface area contributed by atoms with E-state index in [1.807, 2.05) is 24.3 Å². The van der Waals surface area contributed by atoms with E-state index in [1.54, 1.807) is 26.4 Å². The number of nitrogens with zero attached hydrogens (tertiary/aromatic N) is 1. The Morgan fingerprint density at radius 2 is 1.78 bits per heavy atom. The van der Waals surface area contributed by atoms with Gasteiger partial charge in [0, 0.05) is 29.7 Å². The van der Waals surface area contributed by atoms with E-state index in [2.05, 4.69) is 5.32 Å². The highest BCUT2D eigenvalue weighted by atomic mass is 16.6. The maximum atomic E-state index is 10.8. The molecule has 3 rings (SSSR count). The van der Waals surface area contributed by atoms with Crippen LogP contribution in [0.5, 0.6) is 11.5 Å². The summed E-state index contributed by atoms with van der Waals surface area (Å²) in [7, 11) is 3.25. The highest BCUT2D eigenvalue weighted by Gasteiger charge is 2.27. The van der Waals surface area contributed by atoms with Crippen LogP contribution in [0.1, 0.15) is 22.7 Å². The van der Waals surface area contributed by atoms with Gasteiger partial charge in [0.15, 0.2) is 11.5 Å². The van der Waals surface area contributed by atoms with Crippen LogP contribution in [0.25, 0.3) is 0 Å². The van der Waals surface area contributed by atoms with Crippen LogP contribution in [-0.2, 0) is 6.42 Å². The molecule has 120 valence electrons. The summed E-state index contributed by atoms with van der Waals surface area (Å²) in [5.74, 6) is 1.43. The van der Waals surface area contributed by atoms with E-state index >= 15 is 0 Å². The zero-order chi connectivity index (χ0) is 16.4. The Morgan fingerprint density at radius 3 is 2.39 bits per heavy atom. The predicted molar refractivity (Wildman–Crippen MR) is 85.0 cm³/mol. The lowest BCUT2D eigenvalue weighted by Gasteiger charge is -2.25. The van der Waals surface area contributed by atoms with Crippen molar-refractivity contribution in [3.05, 3.63) is 63.2 Å². The second-order valence-electron chi connectivity index (χ2n) is 5.51. The Kier molecular flexibility index (Phi) is 4.16. The summed E-state index contributed by atoms with van der Waals surface area (Å²) in [5.41, 5.74) is 3.55. The molecule has 1 atom stereocenters. The molecule has 2 aromatic rings. The number of hydrogen-bond acceptors (Lipinski definition) is 4. The fourth-order valence-electron chi connectivity index (χ4n) is 3.09. The molecule has 0 fully saturated rings. The molecule has 0 saturated heterocycles. The normalized spacial score (nSPS) is 16.5. The van der Waals surface area contributed by atoms with Gasteiger partial charge < -0.3 is 14.8 Å². The molecule has 0 spiro atoms. The Morgan fingerprint density at radius 1 is 1.13 bits per heavy atom. The number of methoxy groups -OCH3 is 2. The first-order chi connectivity index (χ1) is 11.1. The van der Waals surface area contributed by atoms with Crippen molar-refractivity contribution in [2.45, 2.75) is 12.5 Å². The van der Waals surface area contributed by atoms with Crippen molar-refractivity contribution in [1.82, 2.24) is 0 Å². The van der Waals surface area contributed by atoms with Gasteiger partial charge in [-0.3, -0.25) is 10.1 Å². The molecule has 0 saturated carbocycles. The summed E-state index contributed by atoms with van der Waals surface area (Å²) in [6.45, 7) is 0.962. The van der Waals surface area contributed by atoms with Gasteiger partial charge in [0.25, 0.3) is 5.69 Å². The molecule has 0 aliphatic carbocycles. The van der Waals surface area contributed by atoms with E-state index in [4.69, 9.17) is 9.47 Å². The summed E-state index contributed by atoms with van der Waals surface area (Å²) in [6.07, 6.45) is 0.958. The van der Waals surface area contributed by atoms with Crippen LogP contribution in [-0.4, -0.2) is 25.7 Å². The molecule has 0 amide bonds. The average Bonchev–Trinajstić information content (AvgIpc) is 2.60. The van der Waals surface area contributed by atoms with Gasteiger partial charge in [-0.25, -0.2) is 0 Å². The van der Waals surface area contributed by atoms with Crippen LogP contribution in [0.3, 0.4) is 0 Å². The molecule has 0 bridgehead atoms. The first-order valence-electron chi connectivity index (χ1n) is 7.46. The third-order valence-corrected chi connectivity index (χ3v) is 4.26. The summed E-state index contributed by atoms with van der Waals surface area (Å²) >= 11 is 0. The molecule has 6 nitrogen and oxygen atoms in total. The number of ether oxygens (including phenoxy) is 2. The maximum absolute atomic E-state index is 10.8. The van der Waals surface area contributed by atoms with E-state index in [0.29, 0.717) is 5.75 Å². The molecular weight excluding hydrogens is 296 g/mol. The fourth-order valence-corrected chi connectivity index (χ4v) is 3.09. The lowest BCUT2D eigenvalue weighted by Crippen LogP contribution is -2.87. The standard InChI is InChI=1S/C17H18N2O4/c1-22-15-9-12-7-8-18-17(14(12)10-16(15)23-2)11-3-5-13(6-4-11)19(20)21/h3-6,9-10,17-18H,7-8H2,1-2H3/p+1. The van der Waals surface area contributed by atoms with Gasteiger partial charge >= 0.3 is 0 Å². The molecule has 0 radical (unpaired) electrons. The second-order valence-corrected chi connectivity index (χ2v) is 5.51. The fraction of sp³-hybridized carbons (Fsp3) is 0.294. The van der Waals surface area contributed by atoms with Gasteiger partial charge in [-0.1, -0.05) is 0 Å². The van der Waals surface area contributed by atoms with Crippen LogP contribution in [0.4, 0.5) is 5.69 Å². The zero-order valence-corrected chi connectivity index (χ0v) is 13.1. The van der Waals surface area contributed by atoms with Gasteiger partial charge in [-0.05, 0) is 29.8 Å². The van der Waals surface area contributed by atoms with Crippen molar-refractivity contribution < 1.29 is 19.7 Å².